The first kappa shape index (κ1) is 14.6. The van der Waals surface area contributed by atoms with E-state index in [2.05, 4.69) is 45.9 Å². The molecule has 0 aromatic heterocycles. The van der Waals surface area contributed by atoms with Crippen LogP contribution in [0.3, 0.4) is 0 Å². The van der Waals surface area contributed by atoms with Crippen LogP contribution in [0, 0.1) is 5.92 Å². The SMILES string of the molecule is CC(C)Cc1cccc(C(O)CSC(C)C)c1. The molecule has 0 saturated heterocycles. The Morgan fingerprint density at radius 1 is 1.18 bits per heavy atom. The van der Waals surface area contributed by atoms with Gasteiger partial charge in [-0.2, -0.15) is 11.8 Å². The van der Waals surface area contributed by atoms with Crippen molar-refractivity contribution in [3.8, 4) is 0 Å². The third-order valence-electron chi connectivity index (χ3n) is 2.57. The summed E-state index contributed by atoms with van der Waals surface area (Å²) in [6.07, 6.45) is 0.743. The predicted molar refractivity (Wildman–Crippen MR) is 77.5 cm³/mol. The van der Waals surface area contributed by atoms with E-state index in [9.17, 15) is 5.11 Å². The maximum absolute atomic E-state index is 10.1. The van der Waals surface area contributed by atoms with Crippen molar-refractivity contribution < 1.29 is 5.11 Å². The van der Waals surface area contributed by atoms with Crippen LogP contribution in [0.25, 0.3) is 0 Å². The highest BCUT2D eigenvalue weighted by Gasteiger charge is 2.09. The lowest BCUT2D eigenvalue weighted by atomic mass is 9.99. The zero-order valence-corrected chi connectivity index (χ0v) is 12.1. The van der Waals surface area contributed by atoms with Gasteiger partial charge in [-0.05, 0) is 28.7 Å². The van der Waals surface area contributed by atoms with Gasteiger partial charge in [-0.25, -0.2) is 0 Å². The summed E-state index contributed by atoms with van der Waals surface area (Å²) in [5.74, 6) is 1.44. The van der Waals surface area contributed by atoms with Gasteiger partial charge in [0, 0.05) is 5.75 Å². The lowest BCUT2D eigenvalue weighted by Crippen LogP contribution is -2.04. The molecule has 0 aliphatic heterocycles. The van der Waals surface area contributed by atoms with Crippen LogP contribution in [0.2, 0.25) is 0 Å². The Morgan fingerprint density at radius 3 is 2.47 bits per heavy atom. The molecule has 1 aromatic carbocycles. The predicted octanol–water partition coefficient (Wildman–Crippen LogP) is 4.06. The molecular formula is C15H24OS. The molecule has 0 bridgehead atoms. The number of aliphatic hydroxyl groups excluding tert-OH is 1. The highest BCUT2D eigenvalue weighted by molar-refractivity contribution is 7.99. The van der Waals surface area contributed by atoms with Gasteiger partial charge in [-0.3, -0.25) is 0 Å². The Morgan fingerprint density at radius 2 is 1.88 bits per heavy atom. The summed E-state index contributed by atoms with van der Waals surface area (Å²) in [6.45, 7) is 8.76. The number of rotatable bonds is 6. The van der Waals surface area contributed by atoms with Gasteiger partial charge in [0.2, 0.25) is 0 Å². The fraction of sp³-hybridized carbons (Fsp3) is 0.600. The number of benzene rings is 1. The van der Waals surface area contributed by atoms with Crippen molar-refractivity contribution in [1.82, 2.24) is 0 Å². The molecule has 1 atom stereocenters. The third kappa shape index (κ3) is 5.60. The lowest BCUT2D eigenvalue weighted by Gasteiger charge is -2.14. The minimum Gasteiger partial charge on any atom is -0.388 e. The van der Waals surface area contributed by atoms with E-state index >= 15 is 0 Å². The van der Waals surface area contributed by atoms with E-state index in [0.717, 1.165) is 17.7 Å². The molecule has 1 unspecified atom stereocenters. The Hall–Kier alpha value is -0.470. The molecule has 96 valence electrons. The largest absolute Gasteiger partial charge is 0.388 e. The van der Waals surface area contributed by atoms with Crippen molar-refractivity contribution in [3.05, 3.63) is 35.4 Å². The van der Waals surface area contributed by atoms with Crippen LogP contribution >= 0.6 is 11.8 Å². The van der Waals surface area contributed by atoms with Crippen molar-refractivity contribution in [1.29, 1.82) is 0 Å². The number of hydrogen-bond donors (Lipinski definition) is 1. The molecule has 1 N–H and O–H groups in total. The average Bonchev–Trinajstić information content (AvgIpc) is 2.25. The summed E-state index contributed by atoms with van der Waals surface area (Å²) in [5.41, 5.74) is 2.38. The first-order valence-electron chi connectivity index (χ1n) is 6.37. The van der Waals surface area contributed by atoms with Crippen molar-refractivity contribution in [3.63, 3.8) is 0 Å². The number of aliphatic hydroxyl groups is 1. The molecular weight excluding hydrogens is 228 g/mol. The summed E-state index contributed by atoms with van der Waals surface area (Å²) in [5, 5.41) is 10.7. The fourth-order valence-corrected chi connectivity index (χ4v) is 2.54. The van der Waals surface area contributed by atoms with Crippen molar-refractivity contribution in [2.24, 2.45) is 5.92 Å². The van der Waals surface area contributed by atoms with Gasteiger partial charge in [0.15, 0.2) is 0 Å². The molecule has 1 aromatic rings. The van der Waals surface area contributed by atoms with Crippen LogP contribution < -0.4 is 0 Å². The molecule has 1 rings (SSSR count). The van der Waals surface area contributed by atoms with Gasteiger partial charge in [-0.1, -0.05) is 52.0 Å². The second kappa shape index (κ2) is 7.07. The minimum absolute atomic E-state index is 0.338. The van der Waals surface area contributed by atoms with Gasteiger partial charge in [-0.15, -0.1) is 0 Å². The summed E-state index contributed by atoms with van der Waals surface area (Å²) in [6, 6.07) is 8.36. The van der Waals surface area contributed by atoms with E-state index in [1.807, 2.05) is 6.07 Å². The molecule has 17 heavy (non-hydrogen) atoms. The van der Waals surface area contributed by atoms with Crippen LogP contribution in [-0.4, -0.2) is 16.1 Å². The minimum atomic E-state index is -0.338. The average molecular weight is 252 g/mol. The summed E-state index contributed by atoms with van der Waals surface area (Å²) in [7, 11) is 0. The highest BCUT2D eigenvalue weighted by atomic mass is 32.2. The maximum Gasteiger partial charge on any atom is 0.0880 e. The topological polar surface area (TPSA) is 20.2 Å². The Bertz CT molecular complexity index is 333. The van der Waals surface area contributed by atoms with Gasteiger partial charge in [0.1, 0.15) is 0 Å². The van der Waals surface area contributed by atoms with Crippen LogP contribution in [0.1, 0.15) is 44.9 Å². The Labute approximate surface area is 110 Å². The standard InChI is InChI=1S/C15H24OS/c1-11(2)8-13-6-5-7-14(9-13)15(16)10-17-12(3)4/h5-7,9,11-12,15-16H,8,10H2,1-4H3. The van der Waals surface area contributed by atoms with Gasteiger partial charge < -0.3 is 5.11 Å². The molecule has 0 heterocycles. The molecule has 0 saturated carbocycles. The maximum atomic E-state index is 10.1. The van der Waals surface area contributed by atoms with Crippen LogP contribution in [0.15, 0.2) is 24.3 Å². The third-order valence-corrected chi connectivity index (χ3v) is 3.74. The Kier molecular flexibility index (Phi) is 6.07. The first-order valence-corrected chi connectivity index (χ1v) is 7.42. The van der Waals surface area contributed by atoms with Crippen molar-refractivity contribution in [2.45, 2.75) is 45.5 Å². The van der Waals surface area contributed by atoms with Gasteiger partial charge >= 0.3 is 0 Å². The fourth-order valence-electron chi connectivity index (χ4n) is 1.78. The van der Waals surface area contributed by atoms with Crippen LogP contribution in [0.5, 0.6) is 0 Å². The van der Waals surface area contributed by atoms with E-state index in [4.69, 9.17) is 0 Å². The molecule has 2 heteroatoms. The Balaban J connectivity index is 2.63. The normalized spacial score (nSPS) is 13.4. The quantitative estimate of drug-likeness (QED) is 0.824. The lowest BCUT2D eigenvalue weighted by molar-refractivity contribution is 0.204. The number of hydrogen-bond acceptors (Lipinski definition) is 2. The molecule has 0 aliphatic carbocycles. The summed E-state index contributed by atoms with van der Waals surface area (Å²) < 4.78 is 0. The smallest absolute Gasteiger partial charge is 0.0880 e. The molecule has 0 spiro atoms. The van der Waals surface area contributed by atoms with Gasteiger partial charge in [0.25, 0.3) is 0 Å². The van der Waals surface area contributed by atoms with Crippen molar-refractivity contribution in [2.75, 3.05) is 5.75 Å². The zero-order valence-electron chi connectivity index (χ0n) is 11.3. The number of thioether (sulfide) groups is 1. The van der Waals surface area contributed by atoms with E-state index in [1.54, 1.807) is 11.8 Å². The van der Waals surface area contributed by atoms with E-state index in [-0.39, 0.29) is 6.10 Å². The second-order valence-corrected chi connectivity index (χ2v) is 6.85. The monoisotopic (exact) mass is 252 g/mol. The highest BCUT2D eigenvalue weighted by Crippen LogP contribution is 2.22. The summed E-state index contributed by atoms with van der Waals surface area (Å²) in [4.78, 5) is 0. The molecule has 0 aliphatic rings. The van der Waals surface area contributed by atoms with E-state index < -0.39 is 0 Å². The zero-order chi connectivity index (χ0) is 12.8. The molecule has 0 fully saturated rings. The molecule has 0 amide bonds. The van der Waals surface area contributed by atoms with Crippen molar-refractivity contribution >= 4 is 11.8 Å². The van der Waals surface area contributed by atoms with Gasteiger partial charge in [0.05, 0.1) is 6.10 Å². The van der Waals surface area contributed by atoms with E-state index in [0.29, 0.717) is 11.2 Å². The first-order chi connectivity index (χ1) is 7.99. The van der Waals surface area contributed by atoms with Crippen LogP contribution in [0.4, 0.5) is 0 Å². The van der Waals surface area contributed by atoms with Crippen LogP contribution in [-0.2, 0) is 6.42 Å². The second-order valence-electron chi connectivity index (χ2n) is 5.24. The molecule has 1 nitrogen and oxygen atoms in total. The summed E-state index contributed by atoms with van der Waals surface area (Å²) >= 11 is 1.80. The molecule has 0 radical (unpaired) electrons. The van der Waals surface area contributed by atoms with E-state index in [1.165, 1.54) is 5.56 Å².